The maximum atomic E-state index is 14.7. The van der Waals surface area contributed by atoms with E-state index in [9.17, 15) is 18.0 Å². The molecule has 0 heterocycles. The third-order valence-electron chi connectivity index (χ3n) is 8.39. The minimum Gasteiger partial charge on any atom is -0.352 e. The lowest BCUT2D eigenvalue weighted by Crippen LogP contribution is -2.54. The molecule has 7 nitrogen and oxygen atoms in total. The van der Waals surface area contributed by atoms with Crippen LogP contribution in [-0.4, -0.2) is 43.8 Å². The molecule has 248 valence electrons. The molecule has 0 fully saturated rings. The van der Waals surface area contributed by atoms with Crippen molar-refractivity contribution in [1.29, 1.82) is 0 Å². The number of nitrogens with one attached hydrogen (secondary N) is 1. The number of rotatable bonds is 13. The van der Waals surface area contributed by atoms with E-state index in [4.69, 9.17) is 23.2 Å². The number of benzene rings is 4. The summed E-state index contributed by atoms with van der Waals surface area (Å²) in [6, 6.07) is 25.1. The molecule has 0 radical (unpaired) electrons. The van der Waals surface area contributed by atoms with Gasteiger partial charge in [0.2, 0.25) is 11.8 Å². The van der Waals surface area contributed by atoms with E-state index >= 15 is 0 Å². The molecular weight excluding hydrogens is 653 g/mol. The highest BCUT2D eigenvalue weighted by atomic mass is 35.5. The van der Waals surface area contributed by atoms with Gasteiger partial charge < -0.3 is 10.2 Å². The van der Waals surface area contributed by atoms with Crippen LogP contribution in [0.25, 0.3) is 0 Å². The summed E-state index contributed by atoms with van der Waals surface area (Å²) in [5.41, 5.74) is 4.15. The lowest BCUT2D eigenvalue weighted by Gasteiger charge is -2.35. The molecule has 2 atom stereocenters. The topological polar surface area (TPSA) is 86.8 Å². The zero-order valence-corrected chi connectivity index (χ0v) is 29.7. The van der Waals surface area contributed by atoms with E-state index in [1.54, 1.807) is 42.5 Å². The number of carbonyl (C=O) groups excluding carboxylic acids is 2. The largest absolute Gasteiger partial charge is 0.352 e. The minimum atomic E-state index is -4.22. The summed E-state index contributed by atoms with van der Waals surface area (Å²) >= 11 is 13.2. The zero-order valence-electron chi connectivity index (χ0n) is 27.3. The van der Waals surface area contributed by atoms with Gasteiger partial charge in [-0.3, -0.25) is 13.9 Å². The number of carbonyl (C=O) groups is 2. The predicted octanol–water partition coefficient (Wildman–Crippen LogP) is 7.67. The van der Waals surface area contributed by atoms with Gasteiger partial charge in [0.15, 0.2) is 0 Å². The van der Waals surface area contributed by atoms with Gasteiger partial charge in [-0.25, -0.2) is 8.42 Å². The monoisotopic (exact) mass is 693 g/mol. The Morgan fingerprint density at radius 2 is 1.45 bits per heavy atom. The summed E-state index contributed by atoms with van der Waals surface area (Å²) in [7, 11) is -4.22. The van der Waals surface area contributed by atoms with Crippen molar-refractivity contribution in [2.75, 3.05) is 10.8 Å². The first kappa shape index (κ1) is 36.0. The Labute approximate surface area is 288 Å². The molecule has 4 aromatic rings. The highest BCUT2D eigenvalue weighted by Crippen LogP contribution is 2.31. The van der Waals surface area contributed by atoms with Crippen LogP contribution >= 0.6 is 23.2 Å². The van der Waals surface area contributed by atoms with Gasteiger partial charge in [0, 0.05) is 34.6 Å². The third-order valence-corrected chi connectivity index (χ3v) is 10.9. The number of anilines is 1. The van der Waals surface area contributed by atoms with Crippen LogP contribution in [0.3, 0.4) is 0 Å². The van der Waals surface area contributed by atoms with Crippen molar-refractivity contribution in [3.8, 4) is 0 Å². The number of amides is 2. The van der Waals surface area contributed by atoms with Gasteiger partial charge in [-0.15, -0.1) is 0 Å². The maximum absolute atomic E-state index is 14.7. The van der Waals surface area contributed by atoms with Crippen LogP contribution in [0.15, 0.2) is 95.9 Å². The molecule has 0 saturated carbocycles. The van der Waals surface area contributed by atoms with Crippen molar-refractivity contribution < 1.29 is 18.0 Å². The lowest BCUT2D eigenvalue weighted by atomic mass is 10.0. The molecular formula is C37H41Cl2N3O4S. The third kappa shape index (κ3) is 8.74. The Bertz CT molecular complexity index is 1800. The molecule has 2 amide bonds. The quantitative estimate of drug-likeness (QED) is 0.156. The van der Waals surface area contributed by atoms with Crippen LogP contribution in [0.4, 0.5) is 5.69 Å². The molecule has 0 bridgehead atoms. The van der Waals surface area contributed by atoms with Crippen molar-refractivity contribution in [1.82, 2.24) is 10.2 Å². The molecule has 4 aromatic carbocycles. The number of aryl methyl sites for hydroxylation is 2. The normalized spacial score (nSPS) is 12.7. The maximum Gasteiger partial charge on any atom is 0.264 e. The predicted molar refractivity (Wildman–Crippen MR) is 190 cm³/mol. The molecule has 0 aliphatic rings. The Morgan fingerprint density at radius 1 is 0.830 bits per heavy atom. The molecule has 0 spiro atoms. The molecule has 47 heavy (non-hydrogen) atoms. The van der Waals surface area contributed by atoms with E-state index < -0.39 is 28.5 Å². The van der Waals surface area contributed by atoms with Crippen molar-refractivity contribution in [3.05, 3.63) is 129 Å². The van der Waals surface area contributed by atoms with Gasteiger partial charge in [0.25, 0.3) is 10.0 Å². The smallest absolute Gasteiger partial charge is 0.264 e. The van der Waals surface area contributed by atoms with Crippen LogP contribution in [0.2, 0.25) is 10.0 Å². The summed E-state index contributed by atoms with van der Waals surface area (Å²) in [6.07, 6.45) is 0.869. The van der Waals surface area contributed by atoms with Crippen LogP contribution < -0.4 is 9.62 Å². The molecule has 0 saturated heterocycles. The van der Waals surface area contributed by atoms with Gasteiger partial charge in [-0.05, 0) is 81.1 Å². The Balaban J connectivity index is 1.87. The van der Waals surface area contributed by atoms with Gasteiger partial charge in [-0.2, -0.15) is 0 Å². The molecule has 0 unspecified atom stereocenters. The Kier molecular flexibility index (Phi) is 12.1. The summed E-state index contributed by atoms with van der Waals surface area (Å²) in [5.74, 6) is -0.947. The van der Waals surface area contributed by atoms with E-state index in [1.807, 2.05) is 71.0 Å². The molecule has 0 aliphatic heterocycles. The van der Waals surface area contributed by atoms with Crippen LogP contribution in [0, 0.1) is 20.8 Å². The van der Waals surface area contributed by atoms with Crippen LogP contribution in [0.5, 0.6) is 0 Å². The first-order chi connectivity index (χ1) is 22.3. The highest BCUT2D eigenvalue weighted by molar-refractivity contribution is 7.92. The van der Waals surface area contributed by atoms with Crippen molar-refractivity contribution >= 4 is 50.7 Å². The van der Waals surface area contributed by atoms with E-state index in [-0.39, 0.29) is 29.8 Å². The van der Waals surface area contributed by atoms with E-state index in [1.165, 1.54) is 17.0 Å². The average Bonchev–Trinajstić information content (AvgIpc) is 3.04. The fourth-order valence-electron chi connectivity index (χ4n) is 5.21. The molecule has 0 aromatic heterocycles. The highest BCUT2D eigenvalue weighted by Gasteiger charge is 2.36. The van der Waals surface area contributed by atoms with Crippen molar-refractivity contribution in [2.24, 2.45) is 0 Å². The van der Waals surface area contributed by atoms with Gasteiger partial charge in [0.05, 0.1) is 10.6 Å². The number of hydrogen-bond acceptors (Lipinski definition) is 4. The van der Waals surface area contributed by atoms with Crippen molar-refractivity contribution in [3.63, 3.8) is 0 Å². The lowest BCUT2D eigenvalue weighted by molar-refractivity contribution is -0.140. The summed E-state index contributed by atoms with van der Waals surface area (Å²) in [4.78, 5) is 30.2. The first-order valence-electron chi connectivity index (χ1n) is 15.6. The van der Waals surface area contributed by atoms with Crippen LogP contribution in [0.1, 0.15) is 48.1 Å². The van der Waals surface area contributed by atoms with Gasteiger partial charge in [0.1, 0.15) is 12.6 Å². The second-order valence-corrected chi connectivity index (χ2v) is 14.5. The molecule has 0 aliphatic carbocycles. The molecule has 4 rings (SSSR count). The molecule has 1 N–H and O–H groups in total. The first-order valence-corrected chi connectivity index (χ1v) is 17.7. The number of nitrogens with zero attached hydrogens (tertiary/aromatic N) is 2. The number of halogens is 2. The zero-order chi connectivity index (χ0) is 34.3. The Morgan fingerprint density at radius 3 is 2.06 bits per heavy atom. The fourth-order valence-corrected chi connectivity index (χ4v) is 7.19. The number of hydrogen-bond donors (Lipinski definition) is 1. The second-order valence-electron chi connectivity index (χ2n) is 11.8. The fraction of sp³-hybridized carbons (Fsp3) is 0.297. The van der Waals surface area contributed by atoms with Gasteiger partial charge >= 0.3 is 0 Å². The molecule has 10 heteroatoms. The van der Waals surface area contributed by atoms with E-state index in [0.717, 1.165) is 21.0 Å². The van der Waals surface area contributed by atoms with Gasteiger partial charge in [-0.1, -0.05) is 96.4 Å². The van der Waals surface area contributed by atoms with Crippen molar-refractivity contribution in [2.45, 2.75) is 71.0 Å². The number of sulfonamides is 1. The van der Waals surface area contributed by atoms with E-state index in [0.29, 0.717) is 33.3 Å². The SMILES string of the molecule is CC[C@H](C)NC(=O)[C@@H](Cc1ccccc1)N(Cc1c(Cl)cccc1Cl)C(=O)CN(c1cccc(C)c1C)S(=O)(=O)c1ccc(C)cc1. The second kappa shape index (κ2) is 15.8. The van der Waals surface area contributed by atoms with E-state index in [2.05, 4.69) is 5.32 Å². The van der Waals surface area contributed by atoms with Crippen LogP contribution in [-0.2, 0) is 32.6 Å². The summed E-state index contributed by atoms with van der Waals surface area (Å²) in [6.45, 7) is 8.76. The average molecular weight is 695 g/mol. The minimum absolute atomic E-state index is 0.0489. The summed E-state index contributed by atoms with van der Waals surface area (Å²) in [5, 5.41) is 3.69. The standard InChI is InChI=1S/C37H41Cl2N3O4S/c1-6-27(4)40-37(44)35(22-29-13-8-7-9-14-29)41(23-31-32(38)15-11-16-33(31)39)36(43)24-42(34-17-10-12-26(3)28(34)5)47(45,46)30-20-18-25(2)19-21-30/h7-21,27,35H,6,22-24H2,1-5H3,(H,40,44)/t27-,35+/m0/s1. The Hall–Kier alpha value is -3.85. The summed E-state index contributed by atoms with van der Waals surface area (Å²) < 4.78 is 29.8.